The van der Waals surface area contributed by atoms with Crippen LogP contribution in [0.2, 0.25) is 0 Å². The molecule has 0 saturated carbocycles. The summed E-state index contributed by atoms with van der Waals surface area (Å²) in [5.41, 5.74) is 6.44. The zero-order valence-corrected chi connectivity index (χ0v) is 4.31. The fourth-order valence-corrected chi connectivity index (χ4v) is 0.173. The maximum Gasteiger partial charge on any atom is 0.322 e. The van der Waals surface area contributed by atoms with E-state index < -0.39 is 5.97 Å². The Labute approximate surface area is 47.8 Å². The van der Waals surface area contributed by atoms with Crippen LogP contribution < -0.4 is 5.73 Å². The van der Waals surface area contributed by atoms with Gasteiger partial charge in [0.15, 0.2) is 6.61 Å². The molecule has 0 aromatic carbocycles. The Balaban J connectivity index is 3.15. The van der Waals surface area contributed by atoms with E-state index in [0.29, 0.717) is 0 Å². The number of carbonyl (C=O) groups is 1. The minimum absolute atomic E-state index is 0.0300. The fraction of sp³-hybridized carbons (Fsp3) is 0.400. The van der Waals surface area contributed by atoms with Crippen LogP contribution >= 0.6 is 0 Å². The lowest BCUT2D eigenvalue weighted by Crippen LogP contribution is -2.09. The highest BCUT2D eigenvalue weighted by Crippen LogP contribution is 1.71. The lowest BCUT2D eigenvalue weighted by molar-refractivity contribution is -0.140. The summed E-state index contributed by atoms with van der Waals surface area (Å²) in [6.45, 7) is -0.389. The lowest BCUT2D eigenvalue weighted by Gasteiger charge is -1.92. The molecule has 0 aliphatic heterocycles. The van der Waals surface area contributed by atoms with E-state index in [9.17, 15) is 4.79 Å². The number of ether oxygens (including phenoxy) is 1. The Kier molecular flexibility index (Phi) is 3.63. The second-order valence-electron chi connectivity index (χ2n) is 1.04. The normalized spacial score (nSPS) is 7.50. The van der Waals surface area contributed by atoms with Gasteiger partial charge in [-0.15, -0.1) is 6.42 Å². The number of hydrogen-bond donors (Lipinski definition) is 0. The van der Waals surface area contributed by atoms with Crippen molar-refractivity contribution in [3.8, 4) is 12.3 Å². The molecule has 1 N–H and O–H groups in total. The van der Waals surface area contributed by atoms with Crippen LogP contribution in [0.25, 0.3) is 0 Å². The first-order valence-electron chi connectivity index (χ1n) is 2.05. The summed E-state index contributed by atoms with van der Waals surface area (Å²) in [6, 6.07) is 0. The first-order valence-corrected chi connectivity index (χ1v) is 2.05. The van der Waals surface area contributed by atoms with Crippen molar-refractivity contribution < 1.29 is 9.53 Å². The standard InChI is InChI=1S/C5H6NO2/c1-2-3-8-5(7)4-6/h1,6H,3-4H2. The molecule has 0 rings (SSSR count). The third kappa shape index (κ3) is 3.19. The number of hydrogen-bond acceptors (Lipinski definition) is 2. The first kappa shape index (κ1) is 6.99. The highest BCUT2D eigenvalue weighted by molar-refractivity contribution is 5.71. The van der Waals surface area contributed by atoms with Crippen LogP contribution in [0.5, 0.6) is 0 Å². The van der Waals surface area contributed by atoms with Crippen molar-refractivity contribution in [1.82, 2.24) is 5.73 Å². The monoisotopic (exact) mass is 112 g/mol. The maximum atomic E-state index is 10.1. The average molecular weight is 112 g/mol. The quantitative estimate of drug-likeness (QED) is 0.355. The summed E-state index contributed by atoms with van der Waals surface area (Å²) < 4.78 is 4.28. The molecule has 0 aromatic rings. The van der Waals surface area contributed by atoms with Gasteiger partial charge < -0.3 is 4.74 Å². The lowest BCUT2D eigenvalue weighted by atomic mass is 10.7. The van der Waals surface area contributed by atoms with Crippen LogP contribution in [0.3, 0.4) is 0 Å². The molecule has 0 aliphatic rings. The average Bonchev–Trinajstić information content (AvgIpc) is 1.83. The molecule has 0 amide bonds. The molecule has 8 heavy (non-hydrogen) atoms. The van der Waals surface area contributed by atoms with Crippen LogP contribution in [0.1, 0.15) is 0 Å². The number of carbonyl (C=O) groups excluding carboxylic acids is 1. The molecular formula is C5H6NO2. The van der Waals surface area contributed by atoms with E-state index in [4.69, 9.17) is 12.2 Å². The summed E-state index contributed by atoms with van der Waals surface area (Å²) >= 11 is 0. The molecule has 3 heteroatoms. The molecule has 0 fully saturated rings. The molecule has 0 aliphatic carbocycles. The van der Waals surface area contributed by atoms with E-state index in [1.807, 2.05) is 0 Å². The number of nitrogens with one attached hydrogen (secondary N) is 1. The fourth-order valence-electron chi connectivity index (χ4n) is 0.173. The van der Waals surface area contributed by atoms with E-state index in [1.54, 1.807) is 0 Å². The Hall–Kier alpha value is -1.01. The van der Waals surface area contributed by atoms with E-state index in [2.05, 4.69) is 10.7 Å². The minimum Gasteiger partial charge on any atom is -0.452 e. The predicted molar refractivity (Wildman–Crippen MR) is 27.8 cm³/mol. The van der Waals surface area contributed by atoms with Gasteiger partial charge in [0.25, 0.3) is 0 Å². The summed E-state index contributed by atoms with van der Waals surface area (Å²) in [4.78, 5) is 10.1. The van der Waals surface area contributed by atoms with Crippen molar-refractivity contribution in [2.24, 2.45) is 0 Å². The SMILES string of the molecule is C#CCOC(=O)C[NH]. The van der Waals surface area contributed by atoms with E-state index in [-0.39, 0.29) is 13.2 Å². The zero-order chi connectivity index (χ0) is 6.41. The third-order valence-corrected chi connectivity index (χ3v) is 0.461. The zero-order valence-electron chi connectivity index (χ0n) is 4.31. The van der Waals surface area contributed by atoms with Gasteiger partial charge in [-0.05, 0) is 0 Å². The van der Waals surface area contributed by atoms with Gasteiger partial charge in [0.05, 0.1) is 0 Å². The molecular weight excluding hydrogens is 106 g/mol. The highest BCUT2D eigenvalue weighted by Gasteiger charge is 1.93. The Morgan fingerprint density at radius 1 is 1.88 bits per heavy atom. The molecule has 0 aromatic heterocycles. The number of terminal acetylenes is 1. The van der Waals surface area contributed by atoms with Crippen molar-refractivity contribution in [1.29, 1.82) is 0 Å². The van der Waals surface area contributed by atoms with Gasteiger partial charge in [-0.25, -0.2) is 5.73 Å². The van der Waals surface area contributed by atoms with Crippen molar-refractivity contribution in [3.63, 3.8) is 0 Å². The minimum atomic E-state index is -0.581. The predicted octanol–water partition coefficient (Wildman–Crippen LogP) is -0.554. The molecule has 0 atom stereocenters. The first-order chi connectivity index (χ1) is 3.81. The Morgan fingerprint density at radius 3 is 2.88 bits per heavy atom. The summed E-state index contributed by atoms with van der Waals surface area (Å²) in [7, 11) is 0. The van der Waals surface area contributed by atoms with E-state index in [1.165, 1.54) is 0 Å². The van der Waals surface area contributed by atoms with Crippen LogP contribution in [0, 0.1) is 12.3 Å². The third-order valence-electron chi connectivity index (χ3n) is 0.461. The van der Waals surface area contributed by atoms with Crippen LogP contribution in [-0.4, -0.2) is 19.1 Å². The van der Waals surface area contributed by atoms with Crippen molar-refractivity contribution in [2.45, 2.75) is 0 Å². The molecule has 0 heterocycles. The van der Waals surface area contributed by atoms with Gasteiger partial charge in [0.1, 0.15) is 6.54 Å². The molecule has 0 unspecified atom stereocenters. The topological polar surface area (TPSA) is 50.1 Å². The molecule has 0 bridgehead atoms. The highest BCUT2D eigenvalue weighted by atomic mass is 16.5. The van der Waals surface area contributed by atoms with Gasteiger partial charge in [0, 0.05) is 0 Å². The van der Waals surface area contributed by atoms with Crippen molar-refractivity contribution in [3.05, 3.63) is 0 Å². The van der Waals surface area contributed by atoms with Crippen LogP contribution in [0.15, 0.2) is 0 Å². The summed E-state index contributed by atoms with van der Waals surface area (Å²) in [5, 5.41) is 0. The Morgan fingerprint density at radius 2 is 2.50 bits per heavy atom. The van der Waals surface area contributed by atoms with E-state index >= 15 is 0 Å². The molecule has 0 spiro atoms. The molecule has 43 valence electrons. The second-order valence-corrected chi connectivity index (χ2v) is 1.04. The molecule has 0 saturated heterocycles. The maximum absolute atomic E-state index is 10.1. The smallest absolute Gasteiger partial charge is 0.322 e. The van der Waals surface area contributed by atoms with Gasteiger partial charge in [-0.1, -0.05) is 5.92 Å². The Bertz CT molecular complexity index is 114. The van der Waals surface area contributed by atoms with Crippen molar-refractivity contribution in [2.75, 3.05) is 13.2 Å². The van der Waals surface area contributed by atoms with Crippen molar-refractivity contribution >= 4 is 5.97 Å². The van der Waals surface area contributed by atoms with E-state index in [0.717, 1.165) is 0 Å². The number of esters is 1. The summed E-state index contributed by atoms with van der Waals surface area (Å²) in [5.74, 6) is 1.53. The van der Waals surface area contributed by atoms with Gasteiger partial charge in [-0.3, -0.25) is 4.79 Å². The van der Waals surface area contributed by atoms with Gasteiger partial charge in [0.2, 0.25) is 0 Å². The van der Waals surface area contributed by atoms with Crippen LogP contribution in [-0.2, 0) is 9.53 Å². The largest absolute Gasteiger partial charge is 0.452 e. The second kappa shape index (κ2) is 4.16. The summed E-state index contributed by atoms with van der Waals surface area (Å²) in [6.07, 6.45) is 4.74. The number of rotatable bonds is 2. The van der Waals surface area contributed by atoms with Crippen LogP contribution in [0.4, 0.5) is 0 Å². The molecule has 3 nitrogen and oxygen atoms in total. The van der Waals surface area contributed by atoms with Gasteiger partial charge >= 0.3 is 5.97 Å². The van der Waals surface area contributed by atoms with Gasteiger partial charge in [-0.2, -0.15) is 0 Å². The molecule has 1 radical (unpaired) electrons.